The molecule has 0 radical (unpaired) electrons. The first kappa shape index (κ1) is 8.71. The molecule has 0 saturated heterocycles. The lowest BCUT2D eigenvalue weighted by molar-refractivity contribution is 0.174. The van der Waals surface area contributed by atoms with Crippen molar-refractivity contribution >= 4 is 11.3 Å². The topological polar surface area (TPSA) is 46.2 Å². The van der Waals surface area contributed by atoms with Crippen molar-refractivity contribution in [3.63, 3.8) is 0 Å². The first-order valence-corrected chi connectivity index (χ1v) is 4.55. The number of aryl methyl sites for hydroxylation is 1. The number of rotatable bonds is 3. The number of nitrogens with two attached hydrogens (primary N) is 1. The summed E-state index contributed by atoms with van der Waals surface area (Å²) in [5.74, 6) is 0. The highest BCUT2D eigenvalue weighted by Crippen LogP contribution is 2.23. The van der Waals surface area contributed by atoms with Crippen LogP contribution in [0.1, 0.15) is 23.0 Å². The van der Waals surface area contributed by atoms with Gasteiger partial charge in [0.1, 0.15) is 0 Å². The average Bonchev–Trinajstić information content (AvgIpc) is 2.36. The van der Waals surface area contributed by atoms with Gasteiger partial charge in [-0.3, -0.25) is 0 Å². The molecule has 3 heteroatoms. The van der Waals surface area contributed by atoms with Gasteiger partial charge in [-0.2, -0.15) is 0 Å². The molecule has 1 heterocycles. The summed E-state index contributed by atoms with van der Waals surface area (Å²) in [6.07, 6.45) is 0.290. The molecule has 0 aliphatic rings. The zero-order valence-corrected chi connectivity index (χ0v) is 7.40. The highest BCUT2D eigenvalue weighted by Gasteiger charge is 2.07. The van der Waals surface area contributed by atoms with Crippen molar-refractivity contribution < 1.29 is 5.11 Å². The van der Waals surface area contributed by atoms with Gasteiger partial charge in [0.2, 0.25) is 0 Å². The number of aliphatic hydroxyl groups is 1. The van der Waals surface area contributed by atoms with Crippen molar-refractivity contribution in [3.05, 3.63) is 21.9 Å². The Balaban J connectivity index is 2.60. The van der Waals surface area contributed by atoms with Crippen LogP contribution in [0.5, 0.6) is 0 Å². The molecule has 0 aliphatic carbocycles. The molecule has 0 unspecified atom stereocenters. The quantitative estimate of drug-likeness (QED) is 0.723. The summed E-state index contributed by atoms with van der Waals surface area (Å²) in [5.41, 5.74) is 6.53. The van der Waals surface area contributed by atoms with Gasteiger partial charge in [0, 0.05) is 4.88 Å². The number of hydrogen-bond donors (Lipinski definition) is 2. The van der Waals surface area contributed by atoms with Gasteiger partial charge in [-0.05, 0) is 36.9 Å². The molecule has 1 aromatic heterocycles. The van der Waals surface area contributed by atoms with Crippen LogP contribution in [-0.4, -0.2) is 11.7 Å². The van der Waals surface area contributed by atoms with Crippen LogP contribution in [0.25, 0.3) is 0 Å². The summed E-state index contributed by atoms with van der Waals surface area (Å²) < 4.78 is 0. The first-order valence-electron chi connectivity index (χ1n) is 3.67. The predicted molar refractivity (Wildman–Crippen MR) is 47.7 cm³/mol. The van der Waals surface area contributed by atoms with Crippen molar-refractivity contribution in [1.82, 2.24) is 0 Å². The van der Waals surface area contributed by atoms with Gasteiger partial charge in [-0.25, -0.2) is 0 Å². The van der Waals surface area contributed by atoms with E-state index in [1.165, 1.54) is 5.56 Å². The molecule has 0 bridgehead atoms. The summed E-state index contributed by atoms with van der Waals surface area (Å²) in [4.78, 5) is 1.02. The third kappa shape index (κ3) is 2.29. The maximum atomic E-state index is 9.46. The van der Waals surface area contributed by atoms with Gasteiger partial charge < -0.3 is 10.8 Å². The van der Waals surface area contributed by atoms with Crippen LogP contribution in [0.4, 0.5) is 0 Å². The summed E-state index contributed by atoms with van der Waals surface area (Å²) in [6, 6.07) is 2.00. The van der Waals surface area contributed by atoms with Crippen LogP contribution in [0.2, 0.25) is 0 Å². The van der Waals surface area contributed by atoms with E-state index in [9.17, 15) is 5.11 Å². The molecular weight excluding hydrogens is 158 g/mol. The summed E-state index contributed by atoms with van der Waals surface area (Å²) >= 11 is 1.59. The zero-order chi connectivity index (χ0) is 8.27. The second kappa shape index (κ2) is 3.85. The third-order valence-electron chi connectivity index (χ3n) is 1.52. The summed E-state index contributed by atoms with van der Waals surface area (Å²) in [5, 5.41) is 11.5. The van der Waals surface area contributed by atoms with Crippen molar-refractivity contribution in [1.29, 1.82) is 0 Å². The third-order valence-corrected chi connectivity index (χ3v) is 2.67. The smallest absolute Gasteiger partial charge is 0.0894 e. The van der Waals surface area contributed by atoms with Crippen LogP contribution in [-0.2, 0) is 0 Å². The summed E-state index contributed by atoms with van der Waals surface area (Å²) in [6.45, 7) is 2.56. The van der Waals surface area contributed by atoms with Gasteiger partial charge >= 0.3 is 0 Å². The van der Waals surface area contributed by atoms with E-state index >= 15 is 0 Å². The molecule has 0 spiro atoms. The monoisotopic (exact) mass is 171 g/mol. The number of thiophene rings is 1. The summed E-state index contributed by atoms with van der Waals surface area (Å²) in [7, 11) is 0. The van der Waals surface area contributed by atoms with E-state index in [2.05, 4.69) is 0 Å². The Kier molecular flexibility index (Phi) is 3.05. The lowest BCUT2D eigenvalue weighted by Gasteiger charge is -2.04. The molecular formula is C8H13NOS. The Bertz CT molecular complexity index is 222. The van der Waals surface area contributed by atoms with E-state index in [1.54, 1.807) is 11.3 Å². The van der Waals surface area contributed by atoms with E-state index in [-0.39, 0.29) is 6.10 Å². The molecule has 62 valence electrons. The van der Waals surface area contributed by atoms with Crippen LogP contribution in [0.15, 0.2) is 11.4 Å². The zero-order valence-electron chi connectivity index (χ0n) is 6.58. The van der Waals surface area contributed by atoms with E-state index in [0.29, 0.717) is 13.0 Å². The molecule has 0 saturated carbocycles. The Labute approximate surface area is 70.7 Å². The minimum Gasteiger partial charge on any atom is -0.388 e. The predicted octanol–water partition coefficient (Wildman–Crippen LogP) is 1.44. The van der Waals surface area contributed by atoms with Crippen LogP contribution in [0.3, 0.4) is 0 Å². The molecule has 0 fully saturated rings. The maximum Gasteiger partial charge on any atom is 0.0894 e. The maximum absolute atomic E-state index is 9.46. The minimum absolute atomic E-state index is 0.362. The van der Waals surface area contributed by atoms with Crippen molar-refractivity contribution in [2.24, 2.45) is 5.73 Å². The Morgan fingerprint density at radius 3 is 2.91 bits per heavy atom. The fourth-order valence-corrected chi connectivity index (χ4v) is 1.85. The van der Waals surface area contributed by atoms with E-state index in [4.69, 9.17) is 5.73 Å². The average molecular weight is 171 g/mol. The lowest BCUT2D eigenvalue weighted by Crippen LogP contribution is -2.05. The van der Waals surface area contributed by atoms with E-state index < -0.39 is 0 Å². The standard InChI is InChI=1S/C8H13NOS/c1-6-4-8(11-5-6)7(10)2-3-9/h4-5,7,10H,2-3,9H2,1H3/t7-/m1/s1. The van der Waals surface area contributed by atoms with Gasteiger partial charge in [-0.1, -0.05) is 0 Å². The highest BCUT2D eigenvalue weighted by atomic mass is 32.1. The Morgan fingerprint density at radius 1 is 1.73 bits per heavy atom. The molecule has 3 N–H and O–H groups in total. The Hall–Kier alpha value is -0.380. The highest BCUT2D eigenvalue weighted by molar-refractivity contribution is 7.10. The lowest BCUT2D eigenvalue weighted by atomic mass is 10.2. The largest absolute Gasteiger partial charge is 0.388 e. The van der Waals surface area contributed by atoms with Gasteiger partial charge in [-0.15, -0.1) is 11.3 Å². The molecule has 11 heavy (non-hydrogen) atoms. The molecule has 1 aromatic rings. The van der Waals surface area contributed by atoms with Crippen LogP contribution in [0, 0.1) is 6.92 Å². The van der Waals surface area contributed by atoms with Crippen molar-refractivity contribution in [2.75, 3.05) is 6.54 Å². The second-order valence-electron chi connectivity index (χ2n) is 2.62. The fourth-order valence-electron chi connectivity index (χ4n) is 0.928. The fraction of sp³-hybridized carbons (Fsp3) is 0.500. The SMILES string of the molecule is Cc1csc([C@H](O)CCN)c1. The molecule has 1 atom stereocenters. The molecule has 0 aliphatic heterocycles. The van der Waals surface area contributed by atoms with Crippen molar-refractivity contribution in [2.45, 2.75) is 19.4 Å². The normalized spacial score (nSPS) is 13.4. The molecule has 0 amide bonds. The molecule has 2 nitrogen and oxygen atoms in total. The van der Waals surface area contributed by atoms with E-state index in [0.717, 1.165) is 4.88 Å². The Morgan fingerprint density at radius 2 is 2.45 bits per heavy atom. The van der Waals surface area contributed by atoms with Crippen molar-refractivity contribution in [3.8, 4) is 0 Å². The van der Waals surface area contributed by atoms with Gasteiger partial charge in [0.25, 0.3) is 0 Å². The number of hydrogen-bond acceptors (Lipinski definition) is 3. The minimum atomic E-state index is -0.362. The number of aliphatic hydroxyl groups excluding tert-OH is 1. The molecule has 0 aromatic carbocycles. The van der Waals surface area contributed by atoms with Gasteiger partial charge in [0.15, 0.2) is 0 Å². The van der Waals surface area contributed by atoms with Crippen LogP contribution >= 0.6 is 11.3 Å². The molecule has 1 rings (SSSR count). The second-order valence-corrected chi connectivity index (χ2v) is 3.56. The van der Waals surface area contributed by atoms with Crippen LogP contribution < -0.4 is 5.73 Å². The van der Waals surface area contributed by atoms with Gasteiger partial charge in [0.05, 0.1) is 6.10 Å². The van der Waals surface area contributed by atoms with E-state index in [1.807, 2.05) is 18.4 Å². The first-order chi connectivity index (χ1) is 5.24.